The van der Waals surface area contributed by atoms with Crippen molar-refractivity contribution in [1.82, 2.24) is 5.32 Å². The van der Waals surface area contributed by atoms with Gasteiger partial charge in [0.2, 0.25) is 0 Å². The quantitative estimate of drug-likeness (QED) is 0.892. The number of carbonyl (C=O) groups is 1. The highest BCUT2D eigenvalue weighted by Crippen LogP contribution is 2.29. The molecule has 1 unspecified atom stereocenters. The third-order valence-electron chi connectivity index (χ3n) is 3.63. The molecule has 2 heterocycles. The zero-order valence-electron chi connectivity index (χ0n) is 11.3. The summed E-state index contributed by atoms with van der Waals surface area (Å²) in [5.41, 5.74) is 2.55. The van der Waals surface area contributed by atoms with Gasteiger partial charge in [-0.15, -0.1) is 11.3 Å². The first-order valence-corrected chi connectivity index (χ1v) is 7.62. The highest BCUT2D eigenvalue weighted by Gasteiger charge is 2.19. The summed E-state index contributed by atoms with van der Waals surface area (Å²) in [5, 5.41) is 13.3. The maximum atomic E-state index is 12.0. The van der Waals surface area contributed by atoms with Crippen LogP contribution in [-0.2, 0) is 6.42 Å². The van der Waals surface area contributed by atoms with E-state index in [1.165, 1.54) is 4.88 Å². The van der Waals surface area contributed by atoms with Gasteiger partial charge in [0, 0.05) is 21.9 Å². The lowest BCUT2D eigenvalue weighted by molar-refractivity contribution is 0.0956. The lowest BCUT2D eigenvalue weighted by Crippen LogP contribution is -2.22. The second-order valence-electron chi connectivity index (χ2n) is 5.13. The lowest BCUT2D eigenvalue weighted by Gasteiger charge is -2.12. The van der Waals surface area contributed by atoms with Gasteiger partial charge in [-0.3, -0.25) is 4.79 Å². The van der Waals surface area contributed by atoms with Crippen molar-refractivity contribution in [2.75, 3.05) is 6.54 Å². The number of aliphatic hydroxyl groups excluding tert-OH is 1. The van der Waals surface area contributed by atoms with E-state index in [1.54, 1.807) is 11.3 Å². The maximum absolute atomic E-state index is 12.0. The van der Waals surface area contributed by atoms with E-state index < -0.39 is 6.10 Å². The number of nitrogens with one attached hydrogen (secondary N) is 1. The molecule has 2 aromatic rings. The fourth-order valence-corrected chi connectivity index (χ4v) is 3.43. The van der Waals surface area contributed by atoms with E-state index in [0.29, 0.717) is 5.56 Å². The van der Waals surface area contributed by atoms with Gasteiger partial charge in [-0.25, -0.2) is 0 Å². The van der Waals surface area contributed by atoms with Gasteiger partial charge < -0.3 is 10.4 Å². The van der Waals surface area contributed by atoms with Crippen molar-refractivity contribution in [1.29, 1.82) is 0 Å². The van der Waals surface area contributed by atoms with Gasteiger partial charge in [0.25, 0.3) is 5.91 Å². The van der Waals surface area contributed by atoms with Crippen LogP contribution < -0.4 is 5.32 Å². The van der Waals surface area contributed by atoms with Crippen LogP contribution in [0.3, 0.4) is 0 Å². The van der Waals surface area contributed by atoms with E-state index >= 15 is 0 Å². The fourth-order valence-electron chi connectivity index (χ4n) is 2.53. The molecular formula is C16H17NO2S. The van der Waals surface area contributed by atoms with Crippen molar-refractivity contribution in [2.24, 2.45) is 0 Å². The summed E-state index contributed by atoms with van der Waals surface area (Å²) in [5.74, 6) is -0.0334. The number of amides is 1. The van der Waals surface area contributed by atoms with Crippen LogP contribution in [0, 0.1) is 6.92 Å². The smallest absolute Gasteiger partial charge is 0.251 e. The molecule has 0 bridgehead atoms. The fraction of sp³-hybridized carbons (Fsp3) is 0.312. The van der Waals surface area contributed by atoms with E-state index in [0.717, 1.165) is 35.4 Å². The Bertz CT molecular complexity index is 648. The average molecular weight is 287 g/mol. The van der Waals surface area contributed by atoms with Crippen LogP contribution in [0.4, 0.5) is 0 Å². The van der Waals surface area contributed by atoms with Crippen molar-refractivity contribution in [3.63, 3.8) is 0 Å². The number of benzene rings is 1. The molecule has 0 aliphatic carbocycles. The molecule has 3 nitrogen and oxygen atoms in total. The van der Waals surface area contributed by atoms with E-state index in [9.17, 15) is 9.90 Å². The molecule has 0 saturated carbocycles. The summed E-state index contributed by atoms with van der Waals surface area (Å²) in [6.45, 7) is 2.74. The number of thiophene rings is 1. The molecule has 2 N–H and O–H groups in total. The first-order chi connectivity index (χ1) is 9.65. The highest BCUT2D eigenvalue weighted by atomic mass is 32.1. The van der Waals surface area contributed by atoms with Gasteiger partial charge >= 0.3 is 0 Å². The summed E-state index contributed by atoms with van der Waals surface area (Å²) in [7, 11) is 0. The topological polar surface area (TPSA) is 49.3 Å². The number of rotatable bonds is 2. The Morgan fingerprint density at radius 1 is 1.30 bits per heavy atom. The first-order valence-electron chi connectivity index (χ1n) is 6.80. The Labute approximate surface area is 122 Å². The molecule has 0 saturated heterocycles. The van der Waals surface area contributed by atoms with E-state index in [4.69, 9.17) is 0 Å². The third kappa shape index (κ3) is 2.49. The standard InChI is InChI=1S/C16H17NO2S/c1-10-4-7-14(20-10)15(18)12-6-5-11-3-2-8-17-16(19)13(11)9-12/h4-7,9,15,18H,2-3,8H2,1H3,(H,17,19). The minimum Gasteiger partial charge on any atom is -0.383 e. The summed E-state index contributed by atoms with van der Waals surface area (Å²) >= 11 is 1.58. The Balaban J connectivity index is 1.97. The van der Waals surface area contributed by atoms with Crippen LogP contribution in [0.25, 0.3) is 0 Å². The molecule has 104 valence electrons. The molecule has 3 rings (SSSR count). The molecule has 1 aliphatic heterocycles. The second kappa shape index (κ2) is 5.38. The van der Waals surface area contributed by atoms with Crippen LogP contribution in [-0.4, -0.2) is 17.6 Å². The molecule has 0 radical (unpaired) electrons. The van der Waals surface area contributed by atoms with Crippen LogP contribution >= 0.6 is 11.3 Å². The van der Waals surface area contributed by atoms with Crippen molar-refractivity contribution in [3.8, 4) is 0 Å². The van der Waals surface area contributed by atoms with Gasteiger partial charge in [0.15, 0.2) is 0 Å². The Hall–Kier alpha value is -1.65. The van der Waals surface area contributed by atoms with Crippen LogP contribution in [0.15, 0.2) is 30.3 Å². The Kier molecular flexibility index (Phi) is 3.59. The van der Waals surface area contributed by atoms with Crippen molar-refractivity contribution in [2.45, 2.75) is 25.9 Å². The monoisotopic (exact) mass is 287 g/mol. The number of aryl methyl sites for hydroxylation is 2. The average Bonchev–Trinajstić information content (AvgIpc) is 2.80. The van der Waals surface area contributed by atoms with Crippen molar-refractivity contribution in [3.05, 3.63) is 56.8 Å². The molecule has 1 amide bonds. The normalized spacial score (nSPS) is 16.2. The molecule has 0 spiro atoms. The third-order valence-corrected chi connectivity index (χ3v) is 4.69. The summed E-state index contributed by atoms with van der Waals surface area (Å²) in [6.07, 6.45) is 1.21. The molecule has 1 atom stereocenters. The zero-order chi connectivity index (χ0) is 14.1. The summed E-state index contributed by atoms with van der Waals surface area (Å²) in [4.78, 5) is 14.1. The Morgan fingerprint density at radius 2 is 2.15 bits per heavy atom. The summed E-state index contributed by atoms with van der Waals surface area (Å²) in [6, 6.07) is 9.67. The zero-order valence-corrected chi connectivity index (χ0v) is 12.2. The predicted molar refractivity (Wildman–Crippen MR) is 80.2 cm³/mol. The Morgan fingerprint density at radius 3 is 2.90 bits per heavy atom. The maximum Gasteiger partial charge on any atom is 0.251 e. The minimum atomic E-state index is -0.657. The van der Waals surface area contributed by atoms with Crippen molar-refractivity contribution < 1.29 is 9.90 Å². The van der Waals surface area contributed by atoms with Gasteiger partial charge in [-0.05, 0) is 49.1 Å². The number of hydrogen-bond acceptors (Lipinski definition) is 3. The van der Waals surface area contributed by atoms with Gasteiger partial charge in [0.05, 0.1) is 0 Å². The molecule has 1 aromatic carbocycles. The van der Waals surface area contributed by atoms with Crippen LogP contribution in [0.2, 0.25) is 0 Å². The SMILES string of the molecule is Cc1ccc(C(O)c2ccc3c(c2)C(=O)NCCC3)s1. The van der Waals surface area contributed by atoms with Crippen LogP contribution in [0.5, 0.6) is 0 Å². The van der Waals surface area contributed by atoms with Gasteiger partial charge in [-0.2, -0.15) is 0 Å². The molecule has 1 aliphatic rings. The number of fused-ring (bicyclic) bond motifs is 1. The lowest BCUT2D eigenvalue weighted by atomic mass is 9.98. The molecule has 0 fully saturated rings. The predicted octanol–water partition coefficient (Wildman–Crippen LogP) is 2.81. The molecule has 20 heavy (non-hydrogen) atoms. The largest absolute Gasteiger partial charge is 0.383 e. The van der Waals surface area contributed by atoms with Gasteiger partial charge in [0.1, 0.15) is 6.10 Å². The number of hydrogen-bond donors (Lipinski definition) is 2. The molecule has 1 aromatic heterocycles. The minimum absolute atomic E-state index is 0.0334. The van der Waals surface area contributed by atoms with E-state index in [1.807, 2.05) is 37.3 Å². The van der Waals surface area contributed by atoms with Crippen molar-refractivity contribution >= 4 is 17.2 Å². The second-order valence-corrected chi connectivity index (χ2v) is 6.45. The first kappa shape index (κ1) is 13.3. The van der Waals surface area contributed by atoms with E-state index in [2.05, 4.69) is 5.32 Å². The molecular weight excluding hydrogens is 270 g/mol. The highest BCUT2D eigenvalue weighted by molar-refractivity contribution is 7.12. The number of aliphatic hydroxyl groups is 1. The summed E-state index contributed by atoms with van der Waals surface area (Å²) < 4.78 is 0. The van der Waals surface area contributed by atoms with E-state index in [-0.39, 0.29) is 5.91 Å². The number of carbonyl (C=O) groups excluding carboxylic acids is 1. The molecule has 4 heteroatoms. The van der Waals surface area contributed by atoms with Gasteiger partial charge in [-0.1, -0.05) is 12.1 Å². The van der Waals surface area contributed by atoms with Crippen LogP contribution in [0.1, 0.15) is 43.8 Å².